The van der Waals surface area contributed by atoms with Gasteiger partial charge in [-0.05, 0) is 0 Å². The number of Topliss-reactive ketones (excluding diaryl/α,β-unsaturated/α-hetero) is 1. The first-order chi connectivity index (χ1) is 21.7. The molecule has 0 saturated carbocycles. The van der Waals surface area contributed by atoms with E-state index in [1.165, 1.54) is 13.8 Å². The van der Waals surface area contributed by atoms with Gasteiger partial charge in [-0.1, -0.05) is 13.8 Å². The van der Waals surface area contributed by atoms with Gasteiger partial charge in [0.05, 0.1) is 19.5 Å². The summed E-state index contributed by atoms with van der Waals surface area (Å²) in [7, 11) is -16.2. The minimum absolute atomic E-state index is 0.00889. The fraction of sp³-hybridized carbons (Fsp3) is 0.667. The van der Waals surface area contributed by atoms with Gasteiger partial charge in [-0.25, -0.2) is 28.6 Å². The molecule has 2 aromatic heterocycles. The number of nitrogen functional groups attached to an aromatic ring is 1. The highest BCUT2D eigenvalue weighted by Crippen LogP contribution is 2.61. The molecule has 1 amide bonds. The molecule has 266 valence electrons. The number of ketones is 1. The van der Waals surface area contributed by atoms with E-state index in [-0.39, 0.29) is 36.4 Å². The van der Waals surface area contributed by atoms with Crippen molar-refractivity contribution in [2.24, 2.45) is 5.41 Å². The Kier molecular flexibility index (Phi) is 13.2. The number of amides is 1. The number of ether oxygens (including phenoxy) is 1. The van der Waals surface area contributed by atoms with Crippen LogP contribution in [0.25, 0.3) is 11.2 Å². The Labute approximate surface area is 271 Å². The lowest BCUT2D eigenvalue weighted by atomic mass is 9.84. The summed E-state index contributed by atoms with van der Waals surface area (Å²) in [6.07, 6.45) is -7.19. The van der Waals surface area contributed by atoms with E-state index in [2.05, 4.69) is 37.2 Å². The number of aliphatic hydroxyl groups excluding tert-OH is 2. The molecule has 1 aliphatic rings. The van der Waals surface area contributed by atoms with Crippen molar-refractivity contribution in [1.29, 1.82) is 0 Å². The molecular weight excluding hydrogens is 717 g/mol. The number of nitrogens with zero attached hydrogens (tertiary/aromatic N) is 4. The number of nitrogens with two attached hydrogens (primary N) is 1. The first-order valence-electron chi connectivity index (χ1n) is 13.4. The Morgan fingerprint density at radius 2 is 1.79 bits per heavy atom. The van der Waals surface area contributed by atoms with Crippen LogP contribution in [-0.2, 0) is 45.9 Å². The molecule has 1 saturated heterocycles. The van der Waals surface area contributed by atoms with Crippen LogP contribution in [0, 0.1) is 5.41 Å². The Morgan fingerprint density at radius 1 is 1.13 bits per heavy atom. The van der Waals surface area contributed by atoms with E-state index in [4.69, 9.17) is 24.0 Å². The molecule has 3 heterocycles. The van der Waals surface area contributed by atoms with Gasteiger partial charge in [0.2, 0.25) is 5.91 Å². The van der Waals surface area contributed by atoms with Crippen LogP contribution in [0.4, 0.5) is 5.82 Å². The lowest BCUT2D eigenvalue weighted by Crippen LogP contribution is -2.40. The standard InChI is InChI=1S/C21H35N6O16P3S/c1-21(2,17(31)11(28)3-4-13(29)23-5-6-47)8-40-46(37,38)43-45(35,36)39-7-12-15(30)16(42-44(32,33)34)20(41-12)27-10-26-14-18(22)24-9-25-19(14)27/h9-10,12,15-17,20,30-31,47H,3-8H2,1-2H3,(H,23,29)(H,35,36)(H,37,38)(H2,22,24,25)(H2,32,33,34)/t12-,15-,16-,17?,20-/m1/s1. The summed E-state index contributed by atoms with van der Waals surface area (Å²) in [5.41, 5.74) is 4.29. The molecular formula is C21H35N6O16P3S. The molecule has 26 heteroatoms. The largest absolute Gasteiger partial charge is 0.481 e. The van der Waals surface area contributed by atoms with E-state index in [0.29, 0.717) is 5.75 Å². The fourth-order valence-electron chi connectivity index (χ4n) is 4.17. The van der Waals surface area contributed by atoms with E-state index >= 15 is 0 Å². The number of fused-ring (bicyclic) bond motifs is 1. The molecule has 3 unspecified atom stereocenters. The van der Waals surface area contributed by atoms with E-state index in [9.17, 15) is 53.1 Å². The first kappa shape index (κ1) is 39.5. The summed E-state index contributed by atoms with van der Waals surface area (Å²) in [5.74, 6) is -0.906. The lowest BCUT2D eigenvalue weighted by Gasteiger charge is -2.30. The van der Waals surface area contributed by atoms with Crippen molar-refractivity contribution in [2.45, 2.75) is 57.3 Å². The van der Waals surface area contributed by atoms with Crippen molar-refractivity contribution >= 4 is 64.8 Å². The molecule has 0 spiro atoms. The first-order valence-corrected chi connectivity index (χ1v) is 18.6. The summed E-state index contributed by atoms with van der Waals surface area (Å²) in [5, 5.41) is 23.6. The van der Waals surface area contributed by atoms with E-state index in [1.54, 1.807) is 0 Å². The maximum absolute atomic E-state index is 12.5. The zero-order valence-electron chi connectivity index (χ0n) is 24.7. The van der Waals surface area contributed by atoms with Crippen LogP contribution in [-0.4, -0.2) is 111 Å². The SMILES string of the molecule is CC(C)(COP(=O)(O)OP(=O)(O)OC[C@H]1O[C@@H](n2cnc3c(N)ncnc32)[C@H](OP(=O)(O)O)[C@@H]1O)C(O)C(=O)CCC(=O)NCCS. The van der Waals surface area contributed by atoms with E-state index in [0.717, 1.165) is 17.2 Å². The van der Waals surface area contributed by atoms with Gasteiger partial charge in [0, 0.05) is 30.6 Å². The molecule has 9 N–H and O–H groups in total. The van der Waals surface area contributed by atoms with Crippen molar-refractivity contribution in [2.75, 3.05) is 31.2 Å². The highest BCUT2D eigenvalue weighted by Gasteiger charge is 2.50. The van der Waals surface area contributed by atoms with Crippen LogP contribution in [0.3, 0.4) is 0 Å². The van der Waals surface area contributed by atoms with E-state index in [1.807, 2.05) is 0 Å². The predicted molar refractivity (Wildman–Crippen MR) is 160 cm³/mol. The number of phosphoric acid groups is 3. The molecule has 3 rings (SSSR count). The van der Waals surface area contributed by atoms with Crippen molar-refractivity contribution in [3.63, 3.8) is 0 Å². The maximum Gasteiger partial charge on any atom is 0.481 e. The number of hydrogen-bond donors (Lipinski definition) is 9. The number of rotatable bonds is 18. The van der Waals surface area contributed by atoms with E-state index < -0.39 is 84.4 Å². The number of thiol groups is 1. The van der Waals surface area contributed by atoms with Gasteiger partial charge in [0.1, 0.15) is 36.3 Å². The highest BCUT2D eigenvalue weighted by molar-refractivity contribution is 7.80. The number of imidazole rings is 1. The van der Waals surface area contributed by atoms with Gasteiger partial charge in [-0.2, -0.15) is 16.9 Å². The number of hydrogen-bond acceptors (Lipinski definition) is 17. The van der Waals surface area contributed by atoms with Gasteiger partial charge in [-0.15, -0.1) is 0 Å². The van der Waals surface area contributed by atoms with Gasteiger partial charge < -0.3 is 45.6 Å². The van der Waals surface area contributed by atoms with Crippen molar-refractivity contribution < 1.29 is 75.7 Å². The minimum atomic E-state index is -5.49. The number of nitrogens with one attached hydrogen (secondary N) is 1. The molecule has 47 heavy (non-hydrogen) atoms. The molecule has 0 aliphatic carbocycles. The Morgan fingerprint density at radius 3 is 2.43 bits per heavy atom. The average Bonchev–Trinajstić information content (AvgIpc) is 3.52. The lowest BCUT2D eigenvalue weighted by molar-refractivity contribution is -0.136. The predicted octanol–water partition coefficient (Wildman–Crippen LogP) is -0.822. The topological polar surface area (TPSA) is 335 Å². The van der Waals surface area contributed by atoms with Gasteiger partial charge in [-0.3, -0.25) is 27.7 Å². The number of carbonyl (C=O) groups is 2. The second kappa shape index (κ2) is 15.8. The third-order valence-electron chi connectivity index (χ3n) is 6.52. The van der Waals surface area contributed by atoms with Crippen LogP contribution in [0.5, 0.6) is 0 Å². The van der Waals surface area contributed by atoms with Crippen molar-refractivity contribution in [1.82, 2.24) is 24.8 Å². The quantitative estimate of drug-likeness (QED) is 0.0663. The third-order valence-corrected chi connectivity index (χ3v) is 9.84. The van der Waals surface area contributed by atoms with Gasteiger partial charge in [0.15, 0.2) is 23.5 Å². The molecule has 7 atom stereocenters. The molecule has 22 nitrogen and oxygen atoms in total. The van der Waals surface area contributed by atoms with Crippen molar-refractivity contribution in [3.05, 3.63) is 12.7 Å². The average molecular weight is 753 g/mol. The number of carbonyl (C=O) groups excluding carboxylic acids is 2. The van der Waals surface area contributed by atoms with Gasteiger partial charge >= 0.3 is 23.5 Å². The normalized spacial score (nSPS) is 23.7. The number of phosphoric ester groups is 3. The molecule has 1 fully saturated rings. The molecule has 2 aromatic rings. The van der Waals surface area contributed by atoms with Crippen LogP contribution in [0.15, 0.2) is 12.7 Å². The van der Waals surface area contributed by atoms with Crippen molar-refractivity contribution in [3.8, 4) is 0 Å². The number of anilines is 1. The van der Waals surface area contributed by atoms with Crippen LogP contribution < -0.4 is 11.1 Å². The summed E-state index contributed by atoms with van der Waals surface area (Å²) in [6.45, 7) is 0.926. The minimum Gasteiger partial charge on any atom is -0.387 e. The summed E-state index contributed by atoms with van der Waals surface area (Å²) in [6, 6.07) is 0. The zero-order valence-corrected chi connectivity index (χ0v) is 28.3. The molecule has 0 radical (unpaired) electrons. The van der Waals surface area contributed by atoms with Crippen LogP contribution in [0.2, 0.25) is 0 Å². The second-order valence-corrected chi connectivity index (χ2v) is 15.4. The number of aromatic nitrogens is 4. The molecule has 1 aliphatic heterocycles. The fourth-order valence-corrected chi connectivity index (χ4v) is 7.08. The Balaban J connectivity index is 1.62. The number of aliphatic hydroxyl groups is 2. The second-order valence-electron chi connectivity index (χ2n) is 10.7. The Bertz CT molecular complexity index is 1570. The summed E-state index contributed by atoms with van der Waals surface area (Å²) in [4.78, 5) is 74.7. The van der Waals surface area contributed by atoms with Crippen LogP contribution >= 0.6 is 36.1 Å². The van der Waals surface area contributed by atoms with Crippen LogP contribution in [0.1, 0.15) is 32.9 Å². The Hall–Kier alpha value is -1.91. The zero-order chi connectivity index (χ0) is 35.4. The molecule has 0 aromatic carbocycles. The third kappa shape index (κ3) is 11.0. The highest BCUT2D eigenvalue weighted by atomic mass is 32.1. The van der Waals surface area contributed by atoms with Gasteiger partial charge in [0.25, 0.3) is 0 Å². The smallest absolute Gasteiger partial charge is 0.387 e. The summed E-state index contributed by atoms with van der Waals surface area (Å²) >= 11 is 3.94. The monoisotopic (exact) mass is 752 g/mol. The maximum atomic E-state index is 12.5. The summed E-state index contributed by atoms with van der Waals surface area (Å²) < 4.78 is 61.7. The molecule has 0 bridgehead atoms.